The molecule has 2 aromatic heterocycles. The highest BCUT2D eigenvalue weighted by Gasteiger charge is 2.15. The summed E-state index contributed by atoms with van der Waals surface area (Å²) in [6, 6.07) is 29.3. The molecule has 0 saturated carbocycles. The van der Waals surface area contributed by atoms with E-state index in [4.69, 9.17) is 4.74 Å². The molecule has 0 atom stereocenters. The number of carbonyl (C=O) groups excluding carboxylic acids is 2. The van der Waals surface area contributed by atoms with Crippen LogP contribution < -0.4 is 0 Å². The van der Waals surface area contributed by atoms with Crippen LogP contribution >= 0.6 is 39.5 Å². The lowest BCUT2D eigenvalue weighted by molar-refractivity contribution is -0.155. The van der Waals surface area contributed by atoms with E-state index in [0.29, 0.717) is 0 Å². The Morgan fingerprint density at radius 1 is 0.596 bits per heavy atom. The second-order valence-electron chi connectivity index (χ2n) is 11.2. The van der Waals surface area contributed by atoms with Crippen LogP contribution in [-0.4, -0.2) is 33.4 Å². The number of esters is 2. The second-order valence-corrected chi connectivity index (χ2v) is 14.1. The monoisotopic (exact) mass is 720 g/mol. The molecule has 0 spiro atoms. The third kappa shape index (κ3) is 8.30. The summed E-state index contributed by atoms with van der Waals surface area (Å²) in [5.74, 6) is -1.02. The zero-order chi connectivity index (χ0) is 32.6. The van der Waals surface area contributed by atoms with E-state index >= 15 is 0 Å². The van der Waals surface area contributed by atoms with E-state index in [0.717, 1.165) is 51.1 Å². The second kappa shape index (κ2) is 15.7. The zero-order valence-electron chi connectivity index (χ0n) is 25.9. The number of hydrogen-bond acceptors (Lipinski definition) is 7. The SMILES string of the molecule is Cc1ccc(CCc2cnccc2SCC(=O)OC(=O)CSc2ccncc2CCc2ccc(Br)c3ccccc23)c2ccccc12. The van der Waals surface area contributed by atoms with Crippen molar-refractivity contribution >= 4 is 72.9 Å². The van der Waals surface area contributed by atoms with Crippen LogP contribution in [0.3, 0.4) is 0 Å². The molecule has 0 radical (unpaired) electrons. The van der Waals surface area contributed by atoms with Crippen molar-refractivity contribution in [3.05, 3.63) is 142 Å². The molecule has 236 valence electrons. The van der Waals surface area contributed by atoms with Gasteiger partial charge in [0.25, 0.3) is 0 Å². The van der Waals surface area contributed by atoms with Crippen molar-refractivity contribution in [2.75, 3.05) is 11.5 Å². The molecular formula is C39H33BrN2O3S2. The van der Waals surface area contributed by atoms with Crippen LogP contribution in [0.15, 0.2) is 124 Å². The van der Waals surface area contributed by atoms with E-state index < -0.39 is 11.9 Å². The van der Waals surface area contributed by atoms with Gasteiger partial charge in [-0.05, 0) is 100 Å². The Morgan fingerprint density at radius 3 is 1.64 bits per heavy atom. The van der Waals surface area contributed by atoms with Gasteiger partial charge >= 0.3 is 11.9 Å². The number of hydrogen-bond donors (Lipinski definition) is 0. The van der Waals surface area contributed by atoms with Gasteiger partial charge in [-0.15, -0.1) is 23.5 Å². The molecule has 6 rings (SSSR count). The minimum Gasteiger partial charge on any atom is -0.392 e. The molecule has 0 fully saturated rings. The third-order valence-corrected chi connectivity index (χ3v) is 11.0. The Balaban J connectivity index is 1.00. The lowest BCUT2D eigenvalue weighted by atomic mass is 9.96. The average Bonchev–Trinajstić information content (AvgIpc) is 3.10. The Kier molecular flexibility index (Phi) is 11.0. The number of nitrogens with zero attached hydrogens (tertiary/aromatic N) is 2. The van der Waals surface area contributed by atoms with Crippen molar-refractivity contribution in [3.8, 4) is 0 Å². The fourth-order valence-electron chi connectivity index (χ4n) is 5.76. The molecule has 0 aliphatic heterocycles. The van der Waals surface area contributed by atoms with E-state index in [9.17, 15) is 9.59 Å². The number of halogens is 1. The van der Waals surface area contributed by atoms with Gasteiger partial charge in [0.15, 0.2) is 0 Å². The molecule has 47 heavy (non-hydrogen) atoms. The molecule has 2 heterocycles. The van der Waals surface area contributed by atoms with Crippen molar-refractivity contribution in [1.29, 1.82) is 0 Å². The standard InChI is InChI=1S/C39H33BrN2O3S2/c1-26-10-11-27(32-7-3-2-6-31(26)32)12-14-29-22-41-20-18-36(29)46-24-38(43)45-39(44)25-47-37-19-21-42-23-30(37)15-13-28-16-17-35(40)34-9-5-4-8-33(28)34/h2-11,16-23H,12-15,24-25H2,1H3. The van der Waals surface area contributed by atoms with E-state index in [-0.39, 0.29) is 11.5 Å². The first-order valence-corrected chi connectivity index (χ1v) is 18.2. The number of rotatable bonds is 12. The van der Waals surface area contributed by atoms with Gasteiger partial charge in [0.1, 0.15) is 0 Å². The van der Waals surface area contributed by atoms with Crippen LogP contribution in [0.1, 0.15) is 27.8 Å². The maximum absolute atomic E-state index is 12.7. The van der Waals surface area contributed by atoms with Crippen LogP contribution in [0, 0.1) is 6.92 Å². The van der Waals surface area contributed by atoms with E-state index in [1.165, 1.54) is 61.8 Å². The fraction of sp³-hybridized carbons (Fsp3) is 0.179. The molecular weight excluding hydrogens is 688 g/mol. The summed E-state index contributed by atoms with van der Waals surface area (Å²) in [6.07, 6.45) is 10.4. The first kappa shape index (κ1) is 32.9. The minimum atomic E-state index is -0.552. The van der Waals surface area contributed by atoms with Gasteiger partial charge in [0.2, 0.25) is 0 Å². The van der Waals surface area contributed by atoms with Gasteiger partial charge in [-0.2, -0.15) is 0 Å². The first-order chi connectivity index (χ1) is 23.0. The first-order valence-electron chi connectivity index (χ1n) is 15.4. The molecule has 0 aliphatic rings. The molecule has 8 heteroatoms. The van der Waals surface area contributed by atoms with Crippen molar-refractivity contribution < 1.29 is 14.3 Å². The predicted octanol–water partition coefficient (Wildman–Crippen LogP) is 9.38. The van der Waals surface area contributed by atoms with Crippen LogP contribution in [0.25, 0.3) is 21.5 Å². The lowest BCUT2D eigenvalue weighted by Crippen LogP contribution is -2.16. The summed E-state index contributed by atoms with van der Waals surface area (Å²) in [5.41, 5.74) is 5.93. The summed E-state index contributed by atoms with van der Waals surface area (Å²) in [5, 5.41) is 4.94. The van der Waals surface area contributed by atoms with Crippen LogP contribution in [0.2, 0.25) is 0 Å². The number of carbonyl (C=O) groups is 2. The Bertz CT molecular complexity index is 1920. The summed E-state index contributed by atoms with van der Waals surface area (Å²) in [6.45, 7) is 2.13. The van der Waals surface area contributed by atoms with Crippen LogP contribution in [0.4, 0.5) is 0 Å². The molecule has 0 N–H and O–H groups in total. The highest BCUT2D eigenvalue weighted by molar-refractivity contribution is 9.10. The van der Waals surface area contributed by atoms with Crippen molar-refractivity contribution in [2.45, 2.75) is 42.4 Å². The van der Waals surface area contributed by atoms with Crippen molar-refractivity contribution in [1.82, 2.24) is 9.97 Å². The van der Waals surface area contributed by atoms with Gasteiger partial charge in [-0.3, -0.25) is 19.6 Å². The average molecular weight is 722 g/mol. The smallest absolute Gasteiger partial charge is 0.323 e. The highest BCUT2D eigenvalue weighted by Crippen LogP contribution is 2.30. The summed E-state index contributed by atoms with van der Waals surface area (Å²) >= 11 is 6.40. The number of aromatic nitrogens is 2. The van der Waals surface area contributed by atoms with E-state index in [1.54, 1.807) is 12.4 Å². The van der Waals surface area contributed by atoms with Crippen LogP contribution in [-0.2, 0) is 40.0 Å². The Labute approximate surface area is 291 Å². The third-order valence-electron chi connectivity index (χ3n) is 8.16. The van der Waals surface area contributed by atoms with Gasteiger partial charge in [0, 0.05) is 39.1 Å². The topological polar surface area (TPSA) is 69.2 Å². The van der Waals surface area contributed by atoms with Gasteiger partial charge in [-0.1, -0.05) is 82.7 Å². The van der Waals surface area contributed by atoms with Crippen LogP contribution in [0.5, 0.6) is 0 Å². The van der Waals surface area contributed by atoms with Crippen molar-refractivity contribution in [3.63, 3.8) is 0 Å². The highest BCUT2D eigenvalue weighted by atomic mass is 79.9. The molecule has 6 aromatic rings. The maximum Gasteiger partial charge on any atom is 0.323 e. The number of pyridine rings is 2. The normalized spacial score (nSPS) is 11.2. The largest absolute Gasteiger partial charge is 0.392 e. The number of fused-ring (bicyclic) bond motifs is 2. The minimum absolute atomic E-state index is 0.0413. The fourth-order valence-corrected chi connectivity index (χ4v) is 7.89. The van der Waals surface area contributed by atoms with Gasteiger partial charge < -0.3 is 4.74 Å². The summed E-state index contributed by atoms with van der Waals surface area (Å²) in [4.78, 5) is 35.9. The lowest BCUT2D eigenvalue weighted by Gasteiger charge is -2.12. The molecule has 0 amide bonds. The molecule has 0 unspecified atom stereocenters. The van der Waals surface area contributed by atoms with Gasteiger partial charge in [0.05, 0.1) is 11.5 Å². The Hall–Kier alpha value is -3.98. The van der Waals surface area contributed by atoms with E-state index in [2.05, 4.69) is 99.6 Å². The number of ether oxygens (including phenoxy) is 1. The quantitative estimate of drug-likeness (QED) is 0.0709. The molecule has 5 nitrogen and oxygen atoms in total. The molecule has 0 saturated heterocycles. The number of benzene rings is 4. The van der Waals surface area contributed by atoms with Gasteiger partial charge in [-0.25, -0.2) is 0 Å². The zero-order valence-corrected chi connectivity index (χ0v) is 29.2. The number of thioether (sulfide) groups is 2. The number of aryl methyl sites for hydroxylation is 5. The Morgan fingerprint density at radius 2 is 1.06 bits per heavy atom. The van der Waals surface area contributed by atoms with E-state index in [1.807, 2.05) is 30.6 Å². The molecule has 4 aromatic carbocycles. The summed E-state index contributed by atoms with van der Waals surface area (Å²) < 4.78 is 6.27. The maximum atomic E-state index is 12.7. The summed E-state index contributed by atoms with van der Waals surface area (Å²) in [7, 11) is 0. The molecule has 0 aliphatic carbocycles. The van der Waals surface area contributed by atoms with Crippen molar-refractivity contribution in [2.24, 2.45) is 0 Å². The predicted molar refractivity (Wildman–Crippen MR) is 196 cm³/mol. The molecule has 0 bridgehead atoms.